The Kier molecular flexibility index (Phi) is 2.54. The fourth-order valence-electron chi connectivity index (χ4n) is 1.29. The van der Waals surface area contributed by atoms with Crippen LogP contribution in [-0.4, -0.2) is 11.7 Å². The first-order valence-corrected chi connectivity index (χ1v) is 4.95. The number of benzene rings is 1. The number of hydrogen-bond acceptors (Lipinski definition) is 3. The van der Waals surface area contributed by atoms with Gasteiger partial charge in [-0.2, -0.15) is 10.1 Å². The molecule has 0 radical (unpaired) electrons. The van der Waals surface area contributed by atoms with Crippen LogP contribution < -0.4 is 10.7 Å². The topological polar surface area (TPSA) is 58.7 Å². The minimum atomic E-state index is -0.211. The van der Waals surface area contributed by atoms with Gasteiger partial charge in [-0.3, -0.25) is 4.79 Å². The van der Waals surface area contributed by atoms with E-state index in [-0.39, 0.29) is 18.2 Å². The Morgan fingerprint density at radius 2 is 2.13 bits per heavy atom. The van der Waals surface area contributed by atoms with Gasteiger partial charge < -0.3 is 5.73 Å². The normalized spacial score (nSPS) is 15.7. The number of halogens is 2. The lowest BCUT2D eigenvalue weighted by Gasteiger charge is -2.13. The van der Waals surface area contributed by atoms with E-state index < -0.39 is 0 Å². The molecule has 6 heteroatoms. The molecule has 0 aromatic heterocycles. The van der Waals surface area contributed by atoms with Crippen LogP contribution >= 0.6 is 23.2 Å². The molecular formula is C9H7Cl2N3O. The van der Waals surface area contributed by atoms with Crippen molar-refractivity contribution in [1.82, 2.24) is 0 Å². The van der Waals surface area contributed by atoms with Crippen LogP contribution in [0.25, 0.3) is 0 Å². The number of carbonyl (C=O) groups is 1. The van der Waals surface area contributed by atoms with Gasteiger partial charge in [0.05, 0.1) is 22.2 Å². The zero-order valence-corrected chi connectivity index (χ0v) is 9.09. The maximum absolute atomic E-state index is 11.5. The van der Waals surface area contributed by atoms with Crippen molar-refractivity contribution in [2.24, 2.45) is 10.8 Å². The summed E-state index contributed by atoms with van der Waals surface area (Å²) < 4.78 is 0. The first-order chi connectivity index (χ1) is 7.09. The summed E-state index contributed by atoms with van der Waals surface area (Å²) in [6.07, 6.45) is 0.114. The summed E-state index contributed by atoms with van der Waals surface area (Å²) in [6, 6.07) is 5.00. The molecule has 2 N–H and O–H groups in total. The van der Waals surface area contributed by atoms with E-state index in [4.69, 9.17) is 28.9 Å². The van der Waals surface area contributed by atoms with Crippen molar-refractivity contribution in [2.75, 3.05) is 5.01 Å². The molecule has 0 aliphatic carbocycles. The van der Waals surface area contributed by atoms with Gasteiger partial charge in [-0.15, -0.1) is 0 Å². The van der Waals surface area contributed by atoms with Crippen LogP contribution in [0.4, 0.5) is 5.69 Å². The predicted octanol–water partition coefficient (Wildman–Crippen LogP) is 2.00. The molecule has 78 valence electrons. The highest BCUT2D eigenvalue weighted by Crippen LogP contribution is 2.33. The average molecular weight is 244 g/mol. The second kappa shape index (κ2) is 3.72. The van der Waals surface area contributed by atoms with Crippen molar-refractivity contribution in [2.45, 2.75) is 6.42 Å². The molecule has 0 saturated carbocycles. The van der Waals surface area contributed by atoms with E-state index in [1.165, 1.54) is 5.01 Å². The minimum absolute atomic E-state index is 0.114. The number of hydrogen-bond donors (Lipinski definition) is 1. The SMILES string of the molecule is NC1=NN(c2cccc(Cl)c2Cl)C(=O)C1. The third-order valence-electron chi connectivity index (χ3n) is 1.96. The molecule has 0 fully saturated rings. The van der Waals surface area contributed by atoms with Gasteiger partial charge in [0.2, 0.25) is 0 Å². The maximum atomic E-state index is 11.5. The zero-order chi connectivity index (χ0) is 11.0. The van der Waals surface area contributed by atoms with Crippen molar-refractivity contribution in [1.29, 1.82) is 0 Å². The fraction of sp³-hybridized carbons (Fsp3) is 0.111. The summed E-state index contributed by atoms with van der Waals surface area (Å²) in [5.74, 6) is 0.0627. The first-order valence-electron chi connectivity index (χ1n) is 4.19. The van der Waals surface area contributed by atoms with E-state index in [1.54, 1.807) is 18.2 Å². The van der Waals surface area contributed by atoms with Crippen LogP contribution in [0.2, 0.25) is 10.0 Å². The zero-order valence-electron chi connectivity index (χ0n) is 7.58. The van der Waals surface area contributed by atoms with Crippen LogP contribution in [0.15, 0.2) is 23.3 Å². The Morgan fingerprint density at radius 1 is 1.40 bits per heavy atom. The number of nitrogens with two attached hydrogens (primary N) is 1. The van der Waals surface area contributed by atoms with E-state index in [0.29, 0.717) is 15.7 Å². The molecule has 0 spiro atoms. The number of rotatable bonds is 1. The van der Waals surface area contributed by atoms with E-state index in [2.05, 4.69) is 5.10 Å². The summed E-state index contributed by atoms with van der Waals surface area (Å²) in [4.78, 5) is 11.5. The van der Waals surface area contributed by atoms with E-state index in [1.807, 2.05) is 0 Å². The summed E-state index contributed by atoms with van der Waals surface area (Å²) in [5, 5.41) is 5.72. The van der Waals surface area contributed by atoms with Crippen molar-refractivity contribution in [3.05, 3.63) is 28.2 Å². The number of nitrogens with zero attached hydrogens (tertiary/aromatic N) is 2. The molecule has 0 atom stereocenters. The van der Waals surface area contributed by atoms with Gasteiger partial charge in [0, 0.05) is 0 Å². The Balaban J connectivity index is 2.46. The van der Waals surface area contributed by atoms with E-state index >= 15 is 0 Å². The van der Waals surface area contributed by atoms with Gasteiger partial charge >= 0.3 is 0 Å². The first kappa shape index (κ1) is 10.3. The predicted molar refractivity (Wildman–Crippen MR) is 60.2 cm³/mol. The lowest BCUT2D eigenvalue weighted by Crippen LogP contribution is -2.20. The number of carbonyl (C=O) groups excluding carboxylic acids is 1. The smallest absolute Gasteiger partial charge is 0.255 e. The van der Waals surface area contributed by atoms with Crippen molar-refractivity contribution in [3.63, 3.8) is 0 Å². The molecule has 1 heterocycles. The molecule has 0 bridgehead atoms. The van der Waals surface area contributed by atoms with Crippen molar-refractivity contribution in [3.8, 4) is 0 Å². The molecule has 15 heavy (non-hydrogen) atoms. The van der Waals surface area contributed by atoms with Crippen LogP contribution in [-0.2, 0) is 4.79 Å². The van der Waals surface area contributed by atoms with Crippen molar-refractivity contribution >= 4 is 40.6 Å². The third kappa shape index (κ3) is 1.78. The Labute approximate surface area is 96.3 Å². The molecule has 1 aromatic rings. The minimum Gasteiger partial charge on any atom is -0.385 e. The van der Waals surface area contributed by atoms with Crippen LogP contribution in [0.3, 0.4) is 0 Å². The van der Waals surface area contributed by atoms with Gasteiger partial charge in [-0.25, -0.2) is 0 Å². The molecule has 0 unspecified atom stereocenters. The Bertz CT molecular complexity index is 459. The number of amidine groups is 1. The van der Waals surface area contributed by atoms with Gasteiger partial charge in [-0.1, -0.05) is 29.3 Å². The van der Waals surface area contributed by atoms with Gasteiger partial charge in [0.1, 0.15) is 5.84 Å². The van der Waals surface area contributed by atoms with E-state index in [0.717, 1.165) is 0 Å². The monoisotopic (exact) mass is 243 g/mol. The number of hydrazone groups is 1. The lowest BCUT2D eigenvalue weighted by atomic mass is 10.3. The van der Waals surface area contributed by atoms with Gasteiger partial charge in [-0.05, 0) is 12.1 Å². The highest BCUT2D eigenvalue weighted by molar-refractivity contribution is 6.44. The second-order valence-electron chi connectivity index (χ2n) is 3.05. The summed E-state index contributed by atoms with van der Waals surface area (Å²) in [5.41, 5.74) is 5.91. The average Bonchev–Trinajstić information content (AvgIpc) is 2.50. The standard InChI is InChI=1S/C9H7Cl2N3O/c10-5-2-1-3-6(9(5)11)14-8(15)4-7(12)13-14/h1-3H,4H2,(H2,12,13). The number of amides is 1. The summed E-state index contributed by atoms with van der Waals surface area (Å²) in [7, 11) is 0. The summed E-state index contributed by atoms with van der Waals surface area (Å²) >= 11 is 11.8. The quantitative estimate of drug-likeness (QED) is 0.821. The third-order valence-corrected chi connectivity index (χ3v) is 2.77. The van der Waals surface area contributed by atoms with Crippen LogP contribution in [0.1, 0.15) is 6.42 Å². The molecule has 1 aliphatic rings. The van der Waals surface area contributed by atoms with Crippen molar-refractivity contribution < 1.29 is 4.79 Å². The lowest BCUT2D eigenvalue weighted by molar-refractivity contribution is -0.116. The van der Waals surface area contributed by atoms with Gasteiger partial charge in [0.15, 0.2) is 0 Å². The maximum Gasteiger partial charge on any atom is 0.255 e. The molecule has 4 nitrogen and oxygen atoms in total. The number of anilines is 1. The highest BCUT2D eigenvalue weighted by Gasteiger charge is 2.25. The molecule has 1 aromatic carbocycles. The Morgan fingerprint density at radius 3 is 2.73 bits per heavy atom. The molecule has 1 aliphatic heterocycles. The van der Waals surface area contributed by atoms with Crippen LogP contribution in [0, 0.1) is 0 Å². The molecular weight excluding hydrogens is 237 g/mol. The largest absolute Gasteiger partial charge is 0.385 e. The molecule has 0 saturated heterocycles. The van der Waals surface area contributed by atoms with Crippen LogP contribution in [0.5, 0.6) is 0 Å². The second-order valence-corrected chi connectivity index (χ2v) is 3.83. The Hall–Kier alpha value is -1.26. The molecule has 1 amide bonds. The van der Waals surface area contributed by atoms with E-state index in [9.17, 15) is 4.79 Å². The fourth-order valence-corrected chi connectivity index (χ4v) is 1.67. The summed E-state index contributed by atoms with van der Waals surface area (Å²) in [6.45, 7) is 0. The highest BCUT2D eigenvalue weighted by atomic mass is 35.5. The van der Waals surface area contributed by atoms with Gasteiger partial charge in [0.25, 0.3) is 5.91 Å². The molecule has 2 rings (SSSR count).